The lowest BCUT2D eigenvalue weighted by molar-refractivity contribution is 0.0728. The van der Waals surface area contributed by atoms with Crippen LogP contribution in [0.25, 0.3) is 0 Å². The molecule has 3 heterocycles. The third kappa shape index (κ3) is 2.66. The number of carbonyl (C=O) groups is 2. The average molecular weight is 327 g/mol. The minimum absolute atomic E-state index is 0.0174. The molecular formula is C17H21N5O2. The Kier molecular flexibility index (Phi) is 4.09. The summed E-state index contributed by atoms with van der Waals surface area (Å²) in [5.74, 6) is -0.682. The van der Waals surface area contributed by atoms with Gasteiger partial charge in [0.1, 0.15) is 5.69 Å². The topological polar surface area (TPSA) is 94.1 Å². The summed E-state index contributed by atoms with van der Waals surface area (Å²) in [6.07, 6.45) is 3.21. The van der Waals surface area contributed by atoms with Gasteiger partial charge in [-0.15, -0.1) is 0 Å². The lowest BCUT2D eigenvalue weighted by Crippen LogP contribution is -2.31. The number of likely N-dealkylation sites (tertiary alicyclic amines) is 1. The largest absolute Gasteiger partial charge is 0.366 e. The van der Waals surface area contributed by atoms with Crippen LogP contribution in [0.15, 0.2) is 18.3 Å². The zero-order chi connectivity index (χ0) is 17.4. The molecule has 0 unspecified atom stereocenters. The highest BCUT2D eigenvalue weighted by molar-refractivity contribution is 5.95. The molecule has 7 nitrogen and oxygen atoms in total. The molecule has 126 valence electrons. The van der Waals surface area contributed by atoms with E-state index in [1.165, 1.54) is 12.3 Å². The van der Waals surface area contributed by atoms with Crippen LogP contribution in [-0.2, 0) is 7.05 Å². The van der Waals surface area contributed by atoms with Gasteiger partial charge in [-0.1, -0.05) is 0 Å². The summed E-state index contributed by atoms with van der Waals surface area (Å²) < 4.78 is 1.85. The predicted octanol–water partition coefficient (Wildman–Crippen LogP) is 1.51. The fourth-order valence-corrected chi connectivity index (χ4v) is 3.40. The van der Waals surface area contributed by atoms with E-state index >= 15 is 0 Å². The normalized spacial score (nSPS) is 17.3. The van der Waals surface area contributed by atoms with E-state index in [0.29, 0.717) is 17.8 Å². The van der Waals surface area contributed by atoms with Crippen molar-refractivity contribution < 1.29 is 9.59 Å². The van der Waals surface area contributed by atoms with E-state index in [1.807, 2.05) is 30.5 Å². The van der Waals surface area contributed by atoms with Crippen LogP contribution in [0.1, 0.15) is 56.7 Å². The number of carbonyl (C=O) groups excluding carboxylic acids is 2. The van der Waals surface area contributed by atoms with Gasteiger partial charge in [0, 0.05) is 31.0 Å². The zero-order valence-electron chi connectivity index (χ0n) is 14.1. The SMILES string of the molecule is Cc1nn(C)c(C)c1[C@@H]1CCCN1C(=O)c1ccc(C(N)=O)cn1. The molecule has 1 aliphatic rings. The molecule has 7 heteroatoms. The van der Waals surface area contributed by atoms with E-state index in [1.54, 1.807) is 6.07 Å². The van der Waals surface area contributed by atoms with Crippen molar-refractivity contribution in [3.63, 3.8) is 0 Å². The Morgan fingerprint density at radius 3 is 2.58 bits per heavy atom. The molecular weight excluding hydrogens is 306 g/mol. The minimum atomic E-state index is -0.554. The first kappa shape index (κ1) is 16.2. The number of nitrogens with zero attached hydrogens (tertiary/aromatic N) is 4. The Hall–Kier alpha value is -2.70. The number of pyridine rings is 1. The van der Waals surface area contributed by atoms with Crippen molar-refractivity contribution in [1.29, 1.82) is 0 Å². The Morgan fingerprint density at radius 2 is 2.04 bits per heavy atom. The standard InChI is InChI=1S/C17H21N5O2/c1-10-15(11(2)21(3)20-10)14-5-4-8-22(14)17(24)13-7-6-12(9-19-13)16(18)23/h6-7,9,14H,4-5,8H2,1-3H3,(H2,18,23)/t14-/m0/s1. The molecule has 1 fully saturated rings. The van der Waals surface area contributed by atoms with Crippen LogP contribution >= 0.6 is 0 Å². The summed E-state index contributed by atoms with van der Waals surface area (Å²) in [4.78, 5) is 30.0. The maximum absolute atomic E-state index is 12.9. The molecule has 0 saturated carbocycles. The summed E-state index contributed by atoms with van der Waals surface area (Å²) >= 11 is 0. The van der Waals surface area contributed by atoms with Crippen molar-refractivity contribution >= 4 is 11.8 Å². The monoisotopic (exact) mass is 327 g/mol. The van der Waals surface area contributed by atoms with Crippen LogP contribution in [0.2, 0.25) is 0 Å². The smallest absolute Gasteiger partial charge is 0.272 e. The third-order valence-electron chi connectivity index (χ3n) is 4.68. The van der Waals surface area contributed by atoms with Gasteiger partial charge in [-0.2, -0.15) is 5.10 Å². The molecule has 0 spiro atoms. The van der Waals surface area contributed by atoms with Gasteiger partial charge in [-0.3, -0.25) is 19.3 Å². The lowest BCUT2D eigenvalue weighted by Gasteiger charge is -2.25. The molecule has 1 atom stereocenters. The molecule has 1 saturated heterocycles. The third-order valence-corrected chi connectivity index (χ3v) is 4.68. The molecule has 2 aromatic heterocycles. The van der Waals surface area contributed by atoms with E-state index in [2.05, 4.69) is 10.1 Å². The molecule has 2 amide bonds. The number of aromatic nitrogens is 3. The number of hydrogen-bond acceptors (Lipinski definition) is 4. The first-order valence-electron chi connectivity index (χ1n) is 7.97. The van der Waals surface area contributed by atoms with Crippen molar-refractivity contribution in [2.45, 2.75) is 32.7 Å². The highest BCUT2D eigenvalue weighted by atomic mass is 16.2. The van der Waals surface area contributed by atoms with E-state index in [0.717, 1.165) is 29.8 Å². The van der Waals surface area contributed by atoms with Gasteiger partial charge >= 0.3 is 0 Å². The summed E-state index contributed by atoms with van der Waals surface area (Å²) in [7, 11) is 1.91. The average Bonchev–Trinajstić information content (AvgIpc) is 3.12. The Labute approximate surface area is 140 Å². The Morgan fingerprint density at radius 1 is 1.29 bits per heavy atom. The number of nitrogens with two attached hydrogens (primary N) is 1. The number of rotatable bonds is 3. The molecule has 2 N–H and O–H groups in total. The van der Waals surface area contributed by atoms with E-state index < -0.39 is 5.91 Å². The van der Waals surface area contributed by atoms with Gasteiger partial charge in [0.25, 0.3) is 5.91 Å². The maximum atomic E-state index is 12.9. The first-order valence-corrected chi connectivity index (χ1v) is 7.97. The summed E-state index contributed by atoms with van der Waals surface area (Å²) in [6.45, 7) is 4.69. The van der Waals surface area contributed by atoms with Crippen LogP contribution in [-0.4, -0.2) is 38.0 Å². The maximum Gasteiger partial charge on any atom is 0.272 e. The Balaban J connectivity index is 1.90. The van der Waals surface area contributed by atoms with Crippen LogP contribution < -0.4 is 5.73 Å². The molecule has 24 heavy (non-hydrogen) atoms. The first-order chi connectivity index (χ1) is 11.4. The van der Waals surface area contributed by atoms with Gasteiger partial charge in [0.05, 0.1) is 17.3 Å². The molecule has 0 aromatic carbocycles. The predicted molar refractivity (Wildman–Crippen MR) is 88.4 cm³/mol. The number of hydrogen-bond donors (Lipinski definition) is 1. The van der Waals surface area contributed by atoms with Crippen molar-refractivity contribution in [3.05, 3.63) is 46.5 Å². The lowest BCUT2D eigenvalue weighted by atomic mass is 10.0. The highest BCUT2D eigenvalue weighted by Gasteiger charge is 2.34. The van der Waals surface area contributed by atoms with E-state index in [4.69, 9.17) is 5.73 Å². The van der Waals surface area contributed by atoms with E-state index in [9.17, 15) is 9.59 Å². The molecule has 2 aromatic rings. The van der Waals surface area contributed by atoms with Crippen LogP contribution in [0.4, 0.5) is 0 Å². The number of aryl methyl sites for hydroxylation is 2. The van der Waals surface area contributed by atoms with Crippen LogP contribution in [0, 0.1) is 13.8 Å². The minimum Gasteiger partial charge on any atom is -0.366 e. The van der Waals surface area contributed by atoms with Gasteiger partial charge in [0.15, 0.2) is 0 Å². The fourth-order valence-electron chi connectivity index (χ4n) is 3.40. The second-order valence-electron chi connectivity index (χ2n) is 6.16. The van der Waals surface area contributed by atoms with E-state index in [-0.39, 0.29) is 11.9 Å². The molecule has 1 aliphatic heterocycles. The van der Waals surface area contributed by atoms with Crippen molar-refractivity contribution in [2.24, 2.45) is 12.8 Å². The van der Waals surface area contributed by atoms with Crippen LogP contribution in [0.3, 0.4) is 0 Å². The second-order valence-corrected chi connectivity index (χ2v) is 6.16. The van der Waals surface area contributed by atoms with Gasteiger partial charge < -0.3 is 10.6 Å². The molecule has 0 bridgehead atoms. The second kappa shape index (κ2) is 6.07. The number of primary amides is 1. The molecule has 3 rings (SSSR count). The van der Waals surface area contributed by atoms with Crippen molar-refractivity contribution in [2.75, 3.05) is 6.54 Å². The van der Waals surface area contributed by atoms with Gasteiger partial charge in [0.2, 0.25) is 5.91 Å². The summed E-state index contributed by atoms with van der Waals surface area (Å²) in [5.41, 5.74) is 8.99. The Bertz CT molecular complexity index is 794. The van der Waals surface area contributed by atoms with Crippen LogP contribution in [0.5, 0.6) is 0 Å². The zero-order valence-corrected chi connectivity index (χ0v) is 14.1. The van der Waals surface area contributed by atoms with Crippen molar-refractivity contribution in [1.82, 2.24) is 19.7 Å². The summed E-state index contributed by atoms with van der Waals surface area (Å²) in [5, 5.41) is 4.46. The van der Waals surface area contributed by atoms with Crippen molar-refractivity contribution in [3.8, 4) is 0 Å². The quantitative estimate of drug-likeness (QED) is 0.924. The highest BCUT2D eigenvalue weighted by Crippen LogP contribution is 2.36. The molecule has 0 aliphatic carbocycles. The summed E-state index contributed by atoms with van der Waals surface area (Å²) in [6, 6.07) is 3.11. The fraction of sp³-hybridized carbons (Fsp3) is 0.412. The van der Waals surface area contributed by atoms with Gasteiger partial charge in [-0.25, -0.2) is 0 Å². The molecule has 0 radical (unpaired) electrons. The van der Waals surface area contributed by atoms with Gasteiger partial charge in [-0.05, 0) is 38.8 Å². The number of amides is 2.